The Morgan fingerprint density at radius 1 is 1.05 bits per heavy atom. The molecule has 1 heterocycles. The average molecular weight is 404 g/mol. The Bertz CT molecular complexity index is 437. The van der Waals surface area contributed by atoms with Crippen molar-refractivity contribution in [2.75, 3.05) is 26.2 Å². The molecule has 110 valence electrons. The summed E-state index contributed by atoms with van der Waals surface area (Å²) in [6.45, 7) is 3.99. The summed E-state index contributed by atoms with van der Waals surface area (Å²) in [4.78, 5) is 14.5. The fourth-order valence-electron chi connectivity index (χ4n) is 2.47. The maximum absolute atomic E-state index is 12.1. The molecule has 1 saturated heterocycles. The van der Waals surface area contributed by atoms with E-state index >= 15 is 0 Å². The van der Waals surface area contributed by atoms with Gasteiger partial charge in [-0.15, -0.1) is 0 Å². The highest BCUT2D eigenvalue weighted by atomic mass is 79.9. The lowest BCUT2D eigenvalue weighted by Gasteiger charge is -2.19. The van der Waals surface area contributed by atoms with E-state index in [9.17, 15) is 4.79 Å². The first kappa shape index (κ1) is 16.0. The Hall–Kier alpha value is -0.390. The molecule has 1 aromatic rings. The van der Waals surface area contributed by atoms with E-state index < -0.39 is 0 Å². The molecule has 1 N–H and O–H groups in total. The fourth-order valence-corrected chi connectivity index (χ4v) is 3.77. The van der Waals surface area contributed by atoms with Crippen LogP contribution in [0.4, 0.5) is 0 Å². The number of carbonyl (C=O) groups is 1. The molecule has 2 rings (SSSR count). The zero-order chi connectivity index (χ0) is 14.4. The van der Waals surface area contributed by atoms with Gasteiger partial charge in [-0.05, 0) is 44.1 Å². The Morgan fingerprint density at radius 2 is 1.65 bits per heavy atom. The first-order valence-corrected chi connectivity index (χ1v) is 8.70. The maximum Gasteiger partial charge on any atom is 0.251 e. The molecule has 0 unspecified atom stereocenters. The smallest absolute Gasteiger partial charge is 0.251 e. The summed E-state index contributed by atoms with van der Waals surface area (Å²) < 4.78 is 1.81. The zero-order valence-electron chi connectivity index (χ0n) is 11.5. The molecule has 0 radical (unpaired) electrons. The number of halogens is 2. The first-order valence-electron chi connectivity index (χ1n) is 7.12. The van der Waals surface area contributed by atoms with E-state index in [-0.39, 0.29) is 5.91 Å². The quantitative estimate of drug-likeness (QED) is 0.828. The fraction of sp³-hybridized carbons (Fsp3) is 0.533. The molecule has 1 aromatic carbocycles. The van der Waals surface area contributed by atoms with Gasteiger partial charge in [-0.1, -0.05) is 44.7 Å². The van der Waals surface area contributed by atoms with Crippen LogP contribution in [-0.4, -0.2) is 37.0 Å². The van der Waals surface area contributed by atoms with Crippen LogP contribution in [0.15, 0.2) is 27.1 Å². The molecular formula is C15H20Br2N2O. The van der Waals surface area contributed by atoms with Crippen molar-refractivity contribution in [3.05, 3.63) is 32.7 Å². The zero-order valence-corrected chi connectivity index (χ0v) is 14.7. The van der Waals surface area contributed by atoms with Crippen LogP contribution in [0.2, 0.25) is 0 Å². The Balaban J connectivity index is 1.79. The van der Waals surface area contributed by atoms with Crippen LogP contribution in [0, 0.1) is 0 Å². The molecule has 0 saturated carbocycles. The number of benzene rings is 1. The predicted molar refractivity (Wildman–Crippen MR) is 89.1 cm³/mol. The SMILES string of the molecule is O=C(NCCN1CCCCCC1)c1cc(Br)cc(Br)c1. The van der Waals surface area contributed by atoms with E-state index in [4.69, 9.17) is 0 Å². The highest BCUT2D eigenvalue weighted by Gasteiger charge is 2.10. The van der Waals surface area contributed by atoms with Crippen molar-refractivity contribution in [3.8, 4) is 0 Å². The van der Waals surface area contributed by atoms with Crippen LogP contribution < -0.4 is 5.32 Å². The van der Waals surface area contributed by atoms with E-state index in [0.29, 0.717) is 12.1 Å². The lowest BCUT2D eigenvalue weighted by molar-refractivity contribution is 0.0948. The molecule has 1 aliphatic rings. The summed E-state index contributed by atoms with van der Waals surface area (Å²) in [5.74, 6) is -0.0122. The van der Waals surface area contributed by atoms with Crippen LogP contribution in [0.5, 0.6) is 0 Å². The topological polar surface area (TPSA) is 32.3 Å². The number of likely N-dealkylation sites (tertiary alicyclic amines) is 1. The number of hydrogen-bond acceptors (Lipinski definition) is 2. The number of nitrogens with zero attached hydrogens (tertiary/aromatic N) is 1. The monoisotopic (exact) mass is 402 g/mol. The van der Waals surface area contributed by atoms with Gasteiger partial charge in [0, 0.05) is 27.6 Å². The third-order valence-electron chi connectivity index (χ3n) is 3.54. The molecule has 5 heteroatoms. The summed E-state index contributed by atoms with van der Waals surface area (Å²) in [5.41, 5.74) is 0.683. The lowest BCUT2D eigenvalue weighted by atomic mass is 10.2. The molecule has 3 nitrogen and oxygen atoms in total. The normalized spacial score (nSPS) is 16.7. The van der Waals surface area contributed by atoms with Crippen LogP contribution in [0.1, 0.15) is 36.0 Å². The summed E-state index contributed by atoms with van der Waals surface area (Å²) >= 11 is 6.80. The van der Waals surface area contributed by atoms with Crippen molar-refractivity contribution in [1.29, 1.82) is 0 Å². The summed E-state index contributed by atoms with van der Waals surface area (Å²) in [7, 11) is 0. The number of hydrogen-bond donors (Lipinski definition) is 1. The highest BCUT2D eigenvalue weighted by molar-refractivity contribution is 9.11. The molecule has 0 aromatic heterocycles. The number of carbonyl (C=O) groups excluding carboxylic acids is 1. The average Bonchev–Trinajstić information content (AvgIpc) is 2.66. The molecule has 1 amide bonds. The highest BCUT2D eigenvalue weighted by Crippen LogP contribution is 2.20. The van der Waals surface area contributed by atoms with Crippen molar-refractivity contribution >= 4 is 37.8 Å². The summed E-state index contributed by atoms with van der Waals surface area (Å²) in [6.07, 6.45) is 5.25. The van der Waals surface area contributed by atoms with Gasteiger partial charge in [-0.25, -0.2) is 0 Å². The van der Waals surface area contributed by atoms with Crippen molar-refractivity contribution in [3.63, 3.8) is 0 Å². The van der Waals surface area contributed by atoms with Gasteiger partial charge < -0.3 is 10.2 Å². The van der Waals surface area contributed by atoms with E-state index in [1.807, 2.05) is 18.2 Å². The van der Waals surface area contributed by atoms with Gasteiger partial charge in [0.15, 0.2) is 0 Å². The van der Waals surface area contributed by atoms with Crippen molar-refractivity contribution in [2.45, 2.75) is 25.7 Å². The van der Waals surface area contributed by atoms with Gasteiger partial charge in [0.05, 0.1) is 0 Å². The lowest BCUT2D eigenvalue weighted by Crippen LogP contribution is -2.35. The van der Waals surface area contributed by atoms with Crippen LogP contribution in [0.25, 0.3) is 0 Å². The van der Waals surface area contributed by atoms with Gasteiger partial charge in [-0.3, -0.25) is 4.79 Å². The predicted octanol–water partition coefficient (Wildman–Crippen LogP) is 3.82. The van der Waals surface area contributed by atoms with Crippen molar-refractivity contribution in [1.82, 2.24) is 10.2 Å². The third kappa shape index (κ3) is 5.19. The van der Waals surface area contributed by atoms with Crippen molar-refractivity contribution in [2.24, 2.45) is 0 Å². The van der Waals surface area contributed by atoms with Gasteiger partial charge in [0.2, 0.25) is 0 Å². The Morgan fingerprint density at radius 3 is 2.25 bits per heavy atom. The summed E-state index contributed by atoms with van der Waals surface area (Å²) in [5, 5.41) is 3.00. The first-order chi connectivity index (χ1) is 9.65. The van der Waals surface area contributed by atoms with Crippen LogP contribution >= 0.6 is 31.9 Å². The van der Waals surface area contributed by atoms with Gasteiger partial charge in [0.25, 0.3) is 5.91 Å². The maximum atomic E-state index is 12.1. The minimum atomic E-state index is -0.0122. The Kier molecular flexibility index (Phi) is 6.52. The van der Waals surface area contributed by atoms with Gasteiger partial charge >= 0.3 is 0 Å². The number of nitrogens with one attached hydrogen (secondary N) is 1. The van der Waals surface area contributed by atoms with Crippen LogP contribution in [-0.2, 0) is 0 Å². The van der Waals surface area contributed by atoms with E-state index in [1.54, 1.807) is 0 Å². The molecular weight excluding hydrogens is 384 g/mol. The minimum absolute atomic E-state index is 0.0122. The van der Waals surface area contributed by atoms with E-state index in [2.05, 4.69) is 42.1 Å². The minimum Gasteiger partial charge on any atom is -0.351 e. The molecule has 0 bridgehead atoms. The molecule has 0 atom stereocenters. The Labute approximate surface area is 137 Å². The van der Waals surface area contributed by atoms with Gasteiger partial charge in [-0.2, -0.15) is 0 Å². The molecule has 1 aliphatic heterocycles. The van der Waals surface area contributed by atoms with Gasteiger partial charge in [0.1, 0.15) is 0 Å². The largest absolute Gasteiger partial charge is 0.351 e. The second-order valence-corrected chi connectivity index (χ2v) is 7.00. The molecule has 0 spiro atoms. The molecule has 20 heavy (non-hydrogen) atoms. The third-order valence-corrected chi connectivity index (χ3v) is 4.45. The molecule has 0 aliphatic carbocycles. The van der Waals surface area contributed by atoms with Crippen LogP contribution in [0.3, 0.4) is 0 Å². The van der Waals surface area contributed by atoms with Crippen molar-refractivity contribution < 1.29 is 4.79 Å². The number of amides is 1. The van der Waals surface area contributed by atoms with E-state index in [1.165, 1.54) is 25.7 Å². The second-order valence-electron chi connectivity index (χ2n) is 5.17. The second kappa shape index (κ2) is 8.15. The molecule has 1 fully saturated rings. The standard InChI is InChI=1S/C15H20Br2N2O/c16-13-9-12(10-14(17)11-13)15(20)18-5-8-19-6-3-1-2-4-7-19/h9-11H,1-8H2,(H,18,20). The summed E-state index contributed by atoms with van der Waals surface area (Å²) in [6, 6.07) is 5.60. The van der Waals surface area contributed by atoms with E-state index in [0.717, 1.165) is 28.6 Å². The number of rotatable bonds is 4.